The zero-order chi connectivity index (χ0) is 15.3. The Labute approximate surface area is 125 Å². The van der Waals surface area contributed by atoms with E-state index in [-0.39, 0.29) is 18.6 Å². The van der Waals surface area contributed by atoms with Gasteiger partial charge in [0.1, 0.15) is 5.75 Å². The van der Waals surface area contributed by atoms with Crippen molar-refractivity contribution >= 4 is 5.91 Å². The SMILES string of the molecule is CC(C)Oc1cccc(C(=O)NC2(CO)CCOCC2)c1. The van der Waals surface area contributed by atoms with E-state index >= 15 is 0 Å². The Bertz CT molecular complexity index is 481. The molecule has 1 saturated heterocycles. The monoisotopic (exact) mass is 293 g/mol. The number of hydrogen-bond donors (Lipinski definition) is 2. The molecule has 0 aromatic heterocycles. The first-order valence-electron chi connectivity index (χ1n) is 7.32. The minimum absolute atomic E-state index is 0.0580. The maximum atomic E-state index is 12.4. The molecule has 2 N–H and O–H groups in total. The zero-order valence-corrected chi connectivity index (χ0v) is 12.6. The first kappa shape index (κ1) is 15.8. The first-order valence-corrected chi connectivity index (χ1v) is 7.32. The van der Waals surface area contributed by atoms with Crippen LogP contribution in [-0.4, -0.2) is 42.5 Å². The molecule has 0 atom stereocenters. The van der Waals surface area contributed by atoms with Gasteiger partial charge < -0.3 is 19.9 Å². The van der Waals surface area contributed by atoms with Crippen LogP contribution >= 0.6 is 0 Å². The molecule has 0 unspecified atom stereocenters. The molecule has 2 rings (SSSR count). The molecular formula is C16H23NO4. The molecule has 0 bridgehead atoms. The van der Waals surface area contributed by atoms with E-state index in [0.717, 1.165) is 0 Å². The molecule has 1 aliphatic heterocycles. The van der Waals surface area contributed by atoms with E-state index < -0.39 is 5.54 Å². The first-order chi connectivity index (χ1) is 10.0. The van der Waals surface area contributed by atoms with Crippen LogP contribution in [0.15, 0.2) is 24.3 Å². The highest BCUT2D eigenvalue weighted by atomic mass is 16.5. The molecule has 1 aliphatic rings. The van der Waals surface area contributed by atoms with Gasteiger partial charge in [0.2, 0.25) is 0 Å². The quantitative estimate of drug-likeness (QED) is 0.868. The summed E-state index contributed by atoms with van der Waals surface area (Å²) < 4.78 is 10.9. The van der Waals surface area contributed by atoms with Crippen LogP contribution in [0.2, 0.25) is 0 Å². The molecule has 116 valence electrons. The van der Waals surface area contributed by atoms with Crippen LogP contribution in [0, 0.1) is 0 Å². The van der Waals surface area contributed by atoms with Crippen molar-refractivity contribution in [3.05, 3.63) is 29.8 Å². The number of hydrogen-bond acceptors (Lipinski definition) is 4. The average molecular weight is 293 g/mol. The third kappa shape index (κ3) is 4.19. The van der Waals surface area contributed by atoms with Crippen LogP contribution in [0.3, 0.4) is 0 Å². The number of nitrogens with one attached hydrogen (secondary N) is 1. The Morgan fingerprint density at radius 2 is 2.14 bits per heavy atom. The maximum absolute atomic E-state index is 12.4. The molecule has 1 aromatic carbocycles. The normalized spacial score (nSPS) is 17.5. The summed E-state index contributed by atoms with van der Waals surface area (Å²) >= 11 is 0. The van der Waals surface area contributed by atoms with E-state index in [9.17, 15) is 9.90 Å². The Morgan fingerprint density at radius 1 is 1.43 bits per heavy atom. The molecule has 5 nitrogen and oxygen atoms in total. The van der Waals surface area contributed by atoms with Crippen LogP contribution in [0.5, 0.6) is 5.75 Å². The predicted octanol–water partition coefficient (Wildman–Crippen LogP) is 1.75. The van der Waals surface area contributed by atoms with Crippen molar-refractivity contribution in [1.29, 1.82) is 0 Å². The van der Waals surface area contributed by atoms with Crippen molar-refractivity contribution in [2.45, 2.75) is 38.3 Å². The Morgan fingerprint density at radius 3 is 2.76 bits per heavy atom. The van der Waals surface area contributed by atoms with E-state index in [1.165, 1.54) is 0 Å². The van der Waals surface area contributed by atoms with Gasteiger partial charge in [0.15, 0.2) is 0 Å². The zero-order valence-electron chi connectivity index (χ0n) is 12.6. The van der Waals surface area contributed by atoms with Crippen molar-refractivity contribution in [3.63, 3.8) is 0 Å². The summed E-state index contributed by atoms with van der Waals surface area (Å²) in [6.07, 6.45) is 1.30. The minimum Gasteiger partial charge on any atom is -0.491 e. The molecule has 1 heterocycles. The van der Waals surface area contributed by atoms with Gasteiger partial charge in [-0.25, -0.2) is 0 Å². The van der Waals surface area contributed by atoms with Gasteiger partial charge in [0.25, 0.3) is 5.91 Å². The molecule has 1 fully saturated rings. The lowest BCUT2D eigenvalue weighted by molar-refractivity contribution is 0.0125. The fourth-order valence-electron chi connectivity index (χ4n) is 2.38. The lowest BCUT2D eigenvalue weighted by Crippen LogP contribution is -2.54. The van der Waals surface area contributed by atoms with Gasteiger partial charge in [-0.05, 0) is 44.9 Å². The van der Waals surface area contributed by atoms with Gasteiger partial charge in [0, 0.05) is 18.8 Å². The lowest BCUT2D eigenvalue weighted by Gasteiger charge is -2.36. The minimum atomic E-state index is -0.579. The van der Waals surface area contributed by atoms with Crippen LogP contribution in [0.25, 0.3) is 0 Å². The van der Waals surface area contributed by atoms with Gasteiger partial charge in [0.05, 0.1) is 18.2 Å². The summed E-state index contributed by atoms with van der Waals surface area (Å²) in [6, 6.07) is 7.09. The fraction of sp³-hybridized carbons (Fsp3) is 0.562. The summed E-state index contributed by atoms with van der Waals surface area (Å²) in [5.41, 5.74) is -0.0444. The second-order valence-corrected chi connectivity index (χ2v) is 5.70. The van der Waals surface area contributed by atoms with E-state index in [4.69, 9.17) is 9.47 Å². The number of aliphatic hydroxyl groups is 1. The van der Waals surface area contributed by atoms with Gasteiger partial charge >= 0.3 is 0 Å². The van der Waals surface area contributed by atoms with E-state index in [0.29, 0.717) is 37.4 Å². The molecule has 5 heteroatoms. The highest BCUT2D eigenvalue weighted by Crippen LogP contribution is 2.22. The van der Waals surface area contributed by atoms with Crippen molar-refractivity contribution in [2.24, 2.45) is 0 Å². The highest BCUT2D eigenvalue weighted by Gasteiger charge is 2.33. The molecule has 0 radical (unpaired) electrons. The Kier molecular flexibility index (Phi) is 5.20. The largest absolute Gasteiger partial charge is 0.491 e. The third-order valence-corrected chi connectivity index (χ3v) is 3.60. The van der Waals surface area contributed by atoms with Crippen molar-refractivity contribution < 1.29 is 19.4 Å². The standard InChI is InChI=1S/C16H23NO4/c1-12(2)21-14-5-3-4-13(10-14)15(19)17-16(11-18)6-8-20-9-7-16/h3-5,10,12,18H,6-9,11H2,1-2H3,(H,17,19). The van der Waals surface area contributed by atoms with E-state index in [1.807, 2.05) is 19.9 Å². The maximum Gasteiger partial charge on any atom is 0.251 e. The summed E-state index contributed by atoms with van der Waals surface area (Å²) in [6.45, 7) is 4.91. The predicted molar refractivity (Wildman–Crippen MR) is 79.5 cm³/mol. The summed E-state index contributed by atoms with van der Waals surface area (Å²) in [5.74, 6) is 0.475. The molecule has 0 saturated carbocycles. The van der Waals surface area contributed by atoms with E-state index in [1.54, 1.807) is 18.2 Å². The summed E-state index contributed by atoms with van der Waals surface area (Å²) in [4.78, 5) is 12.4. The van der Waals surface area contributed by atoms with E-state index in [2.05, 4.69) is 5.32 Å². The Hall–Kier alpha value is -1.59. The molecular weight excluding hydrogens is 270 g/mol. The van der Waals surface area contributed by atoms with Gasteiger partial charge in [-0.3, -0.25) is 4.79 Å². The Balaban J connectivity index is 2.08. The molecule has 0 aliphatic carbocycles. The van der Waals surface area contributed by atoms with Gasteiger partial charge in [-0.1, -0.05) is 6.07 Å². The van der Waals surface area contributed by atoms with Gasteiger partial charge in [-0.2, -0.15) is 0 Å². The number of ether oxygens (including phenoxy) is 2. The topological polar surface area (TPSA) is 67.8 Å². The van der Waals surface area contributed by atoms with Crippen LogP contribution in [0.4, 0.5) is 0 Å². The summed E-state index contributed by atoms with van der Waals surface area (Å²) in [7, 11) is 0. The van der Waals surface area contributed by atoms with Crippen molar-refractivity contribution in [1.82, 2.24) is 5.32 Å². The number of carbonyl (C=O) groups excluding carboxylic acids is 1. The average Bonchev–Trinajstić information content (AvgIpc) is 2.48. The highest BCUT2D eigenvalue weighted by molar-refractivity contribution is 5.95. The number of aliphatic hydroxyl groups excluding tert-OH is 1. The van der Waals surface area contributed by atoms with Crippen LogP contribution in [-0.2, 0) is 4.74 Å². The van der Waals surface area contributed by atoms with Crippen molar-refractivity contribution in [2.75, 3.05) is 19.8 Å². The van der Waals surface area contributed by atoms with Gasteiger partial charge in [-0.15, -0.1) is 0 Å². The van der Waals surface area contributed by atoms with Crippen LogP contribution < -0.4 is 10.1 Å². The van der Waals surface area contributed by atoms with Crippen LogP contribution in [0.1, 0.15) is 37.0 Å². The number of carbonyl (C=O) groups is 1. The smallest absolute Gasteiger partial charge is 0.251 e. The number of amides is 1. The molecule has 1 aromatic rings. The second kappa shape index (κ2) is 6.91. The van der Waals surface area contributed by atoms with Crippen molar-refractivity contribution in [3.8, 4) is 5.75 Å². The second-order valence-electron chi connectivity index (χ2n) is 5.70. The molecule has 21 heavy (non-hydrogen) atoms. The number of benzene rings is 1. The molecule has 0 spiro atoms. The lowest BCUT2D eigenvalue weighted by atomic mass is 9.90. The number of rotatable bonds is 5. The summed E-state index contributed by atoms with van der Waals surface area (Å²) in [5, 5.41) is 12.6. The molecule has 1 amide bonds. The third-order valence-electron chi connectivity index (χ3n) is 3.60. The fourth-order valence-corrected chi connectivity index (χ4v) is 2.38.